The monoisotopic (exact) mass is 753 g/mol. The van der Waals surface area contributed by atoms with Crippen LogP contribution in [0.1, 0.15) is 11.1 Å². The van der Waals surface area contributed by atoms with Crippen LogP contribution in [0.5, 0.6) is 0 Å². The summed E-state index contributed by atoms with van der Waals surface area (Å²) >= 11 is 0. The molecule has 5 rings (SSSR count). The van der Waals surface area contributed by atoms with Gasteiger partial charge >= 0.3 is 12.4 Å². The highest BCUT2D eigenvalue weighted by molar-refractivity contribution is 7.91. The van der Waals surface area contributed by atoms with Crippen molar-refractivity contribution in [2.75, 3.05) is 12.5 Å². The average Bonchev–Trinajstić information content (AvgIpc) is 3.02. The highest BCUT2D eigenvalue weighted by Crippen LogP contribution is 2.43. The fraction of sp³-hybridized carbons (Fsp3) is 0.118. The second kappa shape index (κ2) is 12.7. The van der Waals surface area contributed by atoms with Crippen molar-refractivity contribution in [2.24, 2.45) is 5.14 Å². The van der Waals surface area contributed by atoms with Crippen molar-refractivity contribution in [1.29, 1.82) is 0 Å². The van der Waals surface area contributed by atoms with Crippen molar-refractivity contribution in [3.63, 3.8) is 0 Å². The number of sulfone groups is 2. The van der Waals surface area contributed by atoms with Crippen molar-refractivity contribution >= 4 is 29.7 Å². The molecule has 5 aromatic carbocycles. The zero-order valence-corrected chi connectivity index (χ0v) is 28.3. The molecule has 0 radical (unpaired) electrons. The fourth-order valence-electron chi connectivity index (χ4n) is 5.49. The zero-order chi connectivity index (χ0) is 37.0. The van der Waals surface area contributed by atoms with Crippen LogP contribution in [0.15, 0.2) is 118 Å². The minimum atomic E-state index is -4.99. The van der Waals surface area contributed by atoms with E-state index in [0.717, 1.165) is 61.0 Å². The molecule has 0 amide bonds. The molecule has 262 valence electrons. The Morgan fingerprint density at radius 1 is 0.460 bits per heavy atom. The molecule has 0 aliphatic rings. The van der Waals surface area contributed by atoms with E-state index in [4.69, 9.17) is 5.14 Å². The molecule has 0 saturated heterocycles. The highest BCUT2D eigenvalue weighted by Gasteiger charge is 2.35. The number of halogens is 6. The van der Waals surface area contributed by atoms with Gasteiger partial charge in [0.05, 0.1) is 25.8 Å². The van der Waals surface area contributed by atoms with Crippen molar-refractivity contribution < 1.29 is 51.6 Å². The summed E-state index contributed by atoms with van der Waals surface area (Å²) in [6, 6.07) is 19.2. The summed E-state index contributed by atoms with van der Waals surface area (Å²) in [5.74, 6) is 0. The first-order valence-electron chi connectivity index (χ1n) is 14.2. The topological polar surface area (TPSA) is 128 Å². The maximum atomic E-state index is 14.5. The lowest BCUT2D eigenvalue weighted by atomic mass is 9.93. The van der Waals surface area contributed by atoms with Gasteiger partial charge in [-0.15, -0.1) is 0 Å². The smallest absolute Gasteiger partial charge is 0.225 e. The second-order valence-corrected chi connectivity index (χ2v) is 16.8. The molecule has 0 bridgehead atoms. The van der Waals surface area contributed by atoms with Crippen LogP contribution in [0.3, 0.4) is 0 Å². The number of primary sulfonamides is 1. The van der Waals surface area contributed by atoms with Crippen molar-refractivity contribution in [3.05, 3.63) is 114 Å². The van der Waals surface area contributed by atoms with E-state index in [1.165, 1.54) is 54.6 Å². The molecule has 0 aromatic heterocycles. The molecule has 0 unspecified atom stereocenters. The van der Waals surface area contributed by atoms with Crippen molar-refractivity contribution in [2.45, 2.75) is 27.0 Å². The predicted molar refractivity (Wildman–Crippen MR) is 176 cm³/mol. The fourth-order valence-corrected chi connectivity index (χ4v) is 8.11. The third-order valence-electron chi connectivity index (χ3n) is 7.71. The number of hydrogen-bond donors (Lipinski definition) is 1. The quantitative estimate of drug-likeness (QED) is 0.169. The Bertz CT molecular complexity index is 2490. The maximum absolute atomic E-state index is 14.5. The Kier molecular flexibility index (Phi) is 9.32. The third-order valence-corrected chi connectivity index (χ3v) is 11.0. The minimum absolute atomic E-state index is 0.0166. The van der Waals surface area contributed by atoms with E-state index in [1.807, 2.05) is 0 Å². The van der Waals surface area contributed by atoms with Crippen LogP contribution in [0.2, 0.25) is 0 Å². The first-order chi connectivity index (χ1) is 23.0. The van der Waals surface area contributed by atoms with E-state index in [1.54, 1.807) is 0 Å². The van der Waals surface area contributed by atoms with Crippen LogP contribution < -0.4 is 5.14 Å². The van der Waals surface area contributed by atoms with Gasteiger partial charge in [0.2, 0.25) is 10.0 Å². The van der Waals surface area contributed by atoms with Crippen LogP contribution in [-0.4, -0.2) is 37.8 Å². The molecule has 0 atom stereocenters. The van der Waals surface area contributed by atoms with Gasteiger partial charge < -0.3 is 0 Å². The van der Waals surface area contributed by atoms with E-state index in [0.29, 0.717) is 0 Å². The molecule has 5 aromatic rings. The molecule has 0 fully saturated rings. The van der Waals surface area contributed by atoms with E-state index in [2.05, 4.69) is 0 Å². The molecule has 2 N–H and O–H groups in total. The van der Waals surface area contributed by atoms with Crippen molar-refractivity contribution in [3.8, 4) is 44.5 Å². The summed E-state index contributed by atoms with van der Waals surface area (Å²) in [6.07, 6.45) is -7.99. The largest absolute Gasteiger partial charge is 0.417 e. The zero-order valence-electron chi connectivity index (χ0n) is 25.8. The van der Waals surface area contributed by atoms with Gasteiger partial charge in [0.1, 0.15) is 0 Å². The number of alkyl halides is 6. The molecule has 0 saturated carbocycles. The van der Waals surface area contributed by atoms with Gasteiger partial charge in [-0.3, -0.25) is 0 Å². The van der Waals surface area contributed by atoms with Crippen LogP contribution in [0, 0.1) is 0 Å². The molecular weight excluding hydrogens is 729 g/mol. The molecule has 0 heterocycles. The Labute approximate surface area is 283 Å². The van der Waals surface area contributed by atoms with E-state index < -0.39 is 68.5 Å². The molecular formula is C34H25F6NO6S3. The Balaban J connectivity index is 1.70. The van der Waals surface area contributed by atoms with Gasteiger partial charge in [0.25, 0.3) is 0 Å². The highest BCUT2D eigenvalue weighted by atomic mass is 32.2. The first-order valence-corrected chi connectivity index (χ1v) is 19.5. The summed E-state index contributed by atoms with van der Waals surface area (Å²) in [5.41, 5.74) is -3.44. The van der Waals surface area contributed by atoms with E-state index in [-0.39, 0.29) is 43.8 Å². The maximum Gasteiger partial charge on any atom is 0.417 e. The summed E-state index contributed by atoms with van der Waals surface area (Å²) in [4.78, 5) is -1.31. The molecule has 0 aliphatic carbocycles. The lowest BCUT2D eigenvalue weighted by Crippen LogP contribution is -2.14. The van der Waals surface area contributed by atoms with Gasteiger partial charge in [-0.05, 0) is 64.2 Å². The van der Waals surface area contributed by atoms with Gasteiger partial charge in [0, 0.05) is 29.2 Å². The molecule has 50 heavy (non-hydrogen) atoms. The van der Waals surface area contributed by atoms with Crippen LogP contribution >= 0.6 is 0 Å². The number of rotatable bonds is 7. The molecule has 16 heteroatoms. The van der Waals surface area contributed by atoms with Gasteiger partial charge in [-0.2, -0.15) is 26.3 Å². The Hall–Kier alpha value is -4.51. The van der Waals surface area contributed by atoms with Gasteiger partial charge in [0.15, 0.2) is 19.7 Å². The SMILES string of the molecule is CS(=O)(=O)c1ccccc1-c1ccc(-c2ccc(-c3ccc(-c4cccc(C(F)(F)F)c4)c(S(C)(=O)=O)c3)c(S(N)(=O)=O)c2)c(C(F)(F)F)c1. The molecule has 0 aliphatic heterocycles. The van der Waals surface area contributed by atoms with E-state index in [9.17, 15) is 51.6 Å². The molecule has 7 nitrogen and oxygen atoms in total. The van der Waals surface area contributed by atoms with E-state index >= 15 is 0 Å². The lowest BCUT2D eigenvalue weighted by Gasteiger charge is -2.18. The average molecular weight is 754 g/mol. The lowest BCUT2D eigenvalue weighted by molar-refractivity contribution is -0.138. The summed E-state index contributed by atoms with van der Waals surface area (Å²) in [5, 5.41) is 5.49. The van der Waals surface area contributed by atoms with Crippen LogP contribution in [0.25, 0.3) is 44.5 Å². The second-order valence-electron chi connectivity index (χ2n) is 11.3. The third kappa shape index (κ3) is 7.62. The van der Waals surface area contributed by atoms with Crippen molar-refractivity contribution in [1.82, 2.24) is 0 Å². The number of benzene rings is 5. The number of nitrogens with two attached hydrogens (primary N) is 1. The summed E-state index contributed by atoms with van der Waals surface area (Å²) < 4.78 is 160. The number of sulfonamides is 1. The van der Waals surface area contributed by atoms with Gasteiger partial charge in [-0.25, -0.2) is 30.4 Å². The van der Waals surface area contributed by atoms with Gasteiger partial charge in [-0.1, -0.05) is 66.7 Å². The predicted octanol–water partition coefficient (Wildman–Crippen LogP) is 7.85. The first kappa shape index (κ1) is 36.8. The van der Waals surface area contributed by atoms with Crippen LogP contribution in [-0.2, 0) is 42.1 Å². The minimum Gasteiger partial charge on any atom is -0.225 e. The summed E-state index contributed by atoms with van der Waals surface area (Å²) in [6.45, 7) is 0. The normalized spacial score (nSPS) is 13.0. The number of hydrogen-bond acceptors (Lipinski definition) is 6. The standard InChI is InChI=1S/C34H25F6NO6S3/c1-48(42,43)30-9-4-3-8-26(30)21-10-13-25(29(17-21)34(38,39)40)22-11-15-28(32(19-22)50(41,46)47)23-12-14-27(31(18-23)49(2,44)45)20-6-5-7-24(16-20)33(35,36)37/h3-19H,1-2H3,(H2,41,46,47). The Morgan fingerprint density at radius 3 is 1.46 bits per heavy atom. The molecule has 0 spiro atoms. The Morgan fingerprint density at radius 2 is 0.920 bits per heavy atom. The summed E-state index contributed by atoms with van der Waals surface area (Å²) in [7, 11) is -12.7. The van der Waals surface area contributed by atoms with Crippen LogP contribution in [0.4, 0.5) is 26.3 Å².